The molecule has 2 aliphatic heterocycles. The van der Waals surface area contributed by atoms with Gasteiger partial charge < -0.3 is 10.6 Å². The van der Waals surface area contributed by atoms with Crippen LogP contribution in [0.4, 0.5) is 4.39 Å². The number of thiophene rings is 1. The van der Waals surface area contributed by atoms with E-state index in [2.05, 4.69) is 27.0 Å². The summed E-state index contributed by atoms with van der Waals surface area (Å²) in [4.78, 5) is 27.0. The number of likely N-dealkylation sites (tertiary alicyclic amines) is 1. The molecule has 1 aromatic heterocycles. The Hall–Kier alpha value is -2.25. The Balaban J connectivity index is 1.35. The van der Waals surface area contributed by atoms with E-state index in [0.29, 0.717) is 25.8 Å². The average molecular weight is 444 g/mol. The van der Waals surface area contributed by atoms with Gasteiger partial charge in [0.05, 0.1) is 6.04 Å². The Labute approximate surface area is 187 Å². The van der Waals surface area contributed by atoms with Crippen molar-refractivity contribution in [3.63, 3.8) is 0 Å². The molecule has 0 radical (unpaired) electrons. The van der Waals surface area contributed by atoms with Crippen LogP contribution in [0.1, 0.15) is 55.7 Å². The predicted octanol–water partition coefficient (Wildman–Crippen LogP) is 3.81. The number of nitrogens with zero attached hydrogens (tertiary/aromatic N) is 1. The molecule has 0 spiro atoms. The Morgan fingerprint density at radius 2 is 2.00 bits per heavy atom. The average Bonchev–Trinajstić information content (AvgIpc) is 3.52. The van der Waals surface area contributed by atoms with E-state index < -0.39 is 0 Å². The lowest BCUT2D eigenvalue weighted by Gasteiger charge is -2.30. The Bertz CT molecular complexity index is 881. The van der Waals surface area contributed by atoms with Gasteiger partial charge in [-0.15, -0.1) is 0 Å². The molecule has 31 heavy (non-hydrogen) atoms. The number of rotatable bonds is 9. The van der Waals surface area contributed by atoms with E-state index in [4.69, 9.17) is 0 Å². The van der Waals surface area contributed by atoms with Gasteiger partial charge in [0.15, 0.2) is 0 Å². The molecule has 166 valence electrons. The van der Waals surface area contributed by atoms with E-state index in [1.165, 1.54) is 17.7 Å². The second kappa shape index (κ2) is 9.92. The van der Waals surface area contributed by atoms with E-state index in [-0.39, 0.29) is 29.2 Å². The third-order valence-electron chi connectivity index (χ3n) is 6.52. The second-order valence-electron chi connectivity index (χ2n) is 8.75. The van der Waals surface area contributed by atoms with Gasteiger partial charge in [-0.3, -0.25) is 14.5 Å². The molecule has 2 saturated heterocycles. The summed E-state index contributed by atoms with van der Waals surface area (Å²) >= 11 is 1.65. The van der Waals surface area contributed by atoms with Crippen molar-refractivity contribution in [1.29, 1.82) is 0 Å². The summed E-state index contributed by atoms with van der Waals surface area (Å²) in [7, 11) is 0. The van der Waals surface area contributed by atoms with Crippen LogP contribution >= 0.6 is 11.3 Å². The van der Waals surface area contributed by atoms with Crippen molar-refractivity contribution in [3.8, 4) is 0 Å². The van der Waals surface area contributed by atoms with E-state index >= 15 is 0 Å². The molecule has 2 fully saturated rings. The first-order chi connectivity index (χ1) is 15.0. The number of nitrogens with one attached hydrogen (secondary N) is 2. The third kappa shape index (κ3) is 5.71. The molecule has 0 saturated carbocycles. The monoisotopic (exact) mass is 443 g/mol. The maximum absolute atomic E-state index is 13.4. The first-order valence-electron chi connectivity index (χ1n) is 11.1. The van der Waals surface area contributed by atoms with Gasteiger partial charge in [-0.25, -0.2) is 4.39 Å². The lowest BCUT2D eigenvalue weighted by atomic mass is 9.85. The van der Waals surface area contributed by atoms with Crippen LogP contribution in [0.3, 0.4) is 0 Å². The minimum Gasteiger partial charge on any atom is -0.354 e. The summed E-state index contributed by atoms with van der Waals surface area (Å²) in [5, 5.41) is 10.4. The normalized spacial score (nSPS) is 22.4. The number of carbonyl (C=O) groups excluding carboxylic acids is 2. The summed E-state index contributed by atoms with van der Waals surface area (Å²) in [6.45, 7) is 2.50. The van der Waals surface area contributed by atoms with Crippen LogP contribution in [0.5, 0.6) is 0 Å². The van der Waals surface area contributed by atoms with Crippen molar-refractivity contribution in [2.24, 2.45) is 0 Å². The van der Waals surface area contributed by atoms with Crippen molar-refractivity contribution in [1.82, 2.24) is 15.5 Å². The first-order valence-corrected chi connectivity index (χ1v) is 12.1. The van der Waals surface area contributed by atoms with Crippen molar-refractivity contribution >= 4 is 23.2 Å². The zero-order valence-electron chi connectivity index (χ0n) is 17.7. The molecule has 5 nitrogen and oxygen atoms in total. The molecule has 0 bridgehead atoms. The lowest BCUT2D eigenvalue weighted by molar-refractivity contribution is -0.123. The standard InChI is InChI=1S/C24H30FN3O2S/c25-20-5-3-19(4-6-20)21(28-12-1-2-13-28)16-26-22(29)7-10-24(11-8-23(30)27-24)15-18-9-14-31-17-18/h3-6,9,14,17,21H,1-2,7-8,10-13,15-16H2,(H,26,29)(H,27,30)/t21-,24-/m1/s1. The highest BCUT2D eigenvalue weighted by molar-refractivity contribution is 7.07. The van der Waals surface area contributed by atoms with Gasteiger partial charge in [0, 0.05) is 24.9 Å². The predicted molar refractivity (Wildman–Crippen MR) is 120 cm³/mol. The van der Waals surface area contributed by atoms with Crippen molar-refractivity contribution in [2.45, 2.75) is 56.5 Å². The van der Waals surface area contributed by atoms with E-state index in [9.17, 15) is 14.0 Å². The molecule has 0 aliphatic carbocycles. The molecule has 2 N–H and O–H groups in total. The summed E-state index contributed by atoms with van der Waals surface area (Å²) in [5.41, 5.74) is 1.90. The van der Waals surface area contributed by atoms with Crippen LogP contribution in [-0.2, 0) is 16.0 Å². The van der Waals surface area contributed by atoms with Gasteiger partial charge in [-0.05, 0) is 85.3 Å². The number of hydrogen-bond donors (Lipinski definition) is 2. The van der Waals surface area contributed by atoms with Crippen LogP contribution in [-0.4, -0.2) is 41.9 Å². The van der Waals surface area contributed by atoms with Gasteiger partial charge in [-0.1, -0.05) is 12.1 Å². The van der Waals surface area contributed by atoms with Crippen molar-refractivity contribution in [3.05, 3.63) is 58.0 Å². The van der Waals surface area contributed by atoms with Crippen LogP contribution in [0.25, 0.3) is 0 Å². The molecular formula is C24H30FN3O2S. The third-order valence-corrected chi connectivity index (χ3v) is 7.25. The molecule has 2 amide bonds. The minimum absolute atomic E-state index is 0.00264. The van der Waals surface area contributed by atoms with Crippen LogP contribution in [0.2, 0.25) is 0 Å². The van der Waals surface area contributed by atoms with Crippen LogP contribution in [0, 0.1) is 5.82 Å². The zero-order valence-corrected chi connectivity index (χ0v) is 18.6. The lowest BCUT2D eigenvalue weighted by Crippen LogP contribution is -2.45. The number of halogens is 1. The number of amides is 2. The van der Waals surface area contributed by atoms with Gasteiger partial charge in [0.1, 0.15) is 5.82 Å². The fourth-order valence-corrected chi connectivity index (χ4v) is 5.48. The largest absolute Gasteiger partial charge is 0.354 e. The van der Waals surface area contributed by atoms with Crippen molar-refractivity contribution < 1.29 is 14.0 Å². The van der Waals surface area contributed by atoms with Crippen molar-refractivity contribution in [2.75, 3.05) is 19.6 Å². The number of hydrogen-bond acceptors (Lipinski definition) is 4. The molecule has 0 unspecified atom stereocenters. The van der Waals surface area contributed by atoms with Gasteiger partial charge in [0.2, 0.25) is 11.8 Å². The molecule has 3 heterocycles. The zero-order chi connectivity index (χ0) is 21.7. The van der Waals surface area contributed by atoms with E-state index in [1.54, 1.807) is 11.3 Å². The topological polar surface area (TPSA) is 61.4 Å². The Morgan fingerprint density at radius 3 is 2.65 bits per heavy atom. The van der Waals surface area contributed by atoms with Crippen LogP contribution in [0.15, 0.2) is 41.1 Å². The quantitative estimate of drug-likeness (QED) is 0.620. The van der Waals surface area contributed by atoms with E-state index in [0.717, 1.165) is 44.3 Å². The summed E-state index contributed by atoms with van der Waals surface area (Å²) < 4.78 is 13.4. The maximum Gasteiger partial charge on any atom is 0.220 e. The van der Waals surface area contributed by atoms with Gasteiger partial charge >= 0.3 is 0 Å². The molecule has 2 atom stereocenters. The Kier molecular flexibility index (Phi) is 7.02. The SMILES string of the molecule is O=C(CC[C@]1(Cc2ccsc2)CCC(=O)N1)NC[C@H](c1ccc(F)cc1)N1CCCC1. The molecule has 2 aromatic rings. The minimum atomic E-state index is -0.333. The molecule has 7 heteroatoms. The highest BCUT2D eigenvalue weighted by atomic mass is 32.1. The molecule has 4 rings (SSSR count). The highest BCUT2D eigenvalue weighted by Crippen LogP contribution is 2.30. The second-order valence-corrected chi connectivity index (χ2v) is 9.53. The molecule has 2 aliphatic rings. The fraction of sp³-hybridized carbons (Fsp3) is 0.500. The summed E-state index contributed by atoms with van der Waals surface area (Å²) in [5.74, 6) is -0.180. The maximum atomic E-state index is 13.4. The summed E-state index contributed by atoms with van der Waals surface area (Å²) in [6, 6.07) is 8.73. The van der Waals surface area contributed by atoms with Gasteiger partial charge in [0.25, 0.3) is 0 Å². The fourth-order valence-electron chi connectivity index (χ4n) is 4.81. The van der Waals surface area contributed by atoms with Crippen LogP contribution < -0.4 is 10.6 Å². The smallest absolute Gasteiger partial charge is 0.220 e. The molecular weight excluding hydrogens is 413 g/mol. The molecule has 1 aromatic carbocycles. The van der Waals surface area contributed by atoms with Gasteiger partial charge in [-0.2, -0.15) is 11.3 Å². The Morgan fingerprint density at radius 1 is 1.23 bits per heavy atom. The van der Waals surface area contributed by atoms with E-state index in [1.807, 2.05) is 17.5 Å². The number of carbonyl (C=O) groups is 2. The highest BCUT2D eigenvalue weighted by Gasteiger charge is 2.38. The number of benzene rings is 1. The summed E-state index contributed by atoms with van der Waals surface area (Å²) in [6.07, 6.45) is 5.36. The first kappa shape index (κ1) is 22.0.